The highest BCUT2D eigenvalue weighted by Crippen LogP contribution is 2.17. The Morgan fingerprint density at radius 1 is 0.933 bits per heavy atom. The Bertz CT molecular complexity index is 1160. The SMILES string of the molecule is O=C(Nc1ccccc1F)n1nc(-c2ccccn2)nc1CCc1ccc(F)cc1. The van der Waals surface area contributed by atoms with E-state index in [1.54, 1.807) is 42.6 Å². The molecule has 0 atom stereocenters. The third-order valence-corrected chi connectivity index (χ3v) is 4.43. The molecule has 0 fully saturated rings. The minimum Gasteiger partial charge on any atom is -0.303 e. The van der Waals surface area contributed by atoms with Gasteiger partial charge >= 0.3 is 6.03 Å². The lowest BCUT2D eigenvalue weighted by molar-refractivity contribution is 0.250. The fourth-order valence-corrected chi connectivity index (χ4v) is 2.91. The van der Waals surface area contributed by atoms with Crippen LogP contribution in [0.4, 0.5) is 19.3 Å². The fourth-order valence-electron chi connectivity index (χ4n) is 2.91. The van der Waals surface area contributed by atoms with E-state index in [1.807, 2.05) is 0 Å². The third kappa shape index (κ3) is 4.38. The number of aryl methyl sites for hydroxylation is 2. The summed E-state index contributed by atoms with van der Waals surface area (Å²) in [5, 5.41) is 6.80. The van der Waals surface area contributed by atoms with E-state index in [1.165, 1.54) is 30.3 Å². The van der Waals surface area contributed by atoms with Crippen molar-refractivity contribution in [3.8, 4) is 11.5 Å². The smallest absolute Gasteiger partial charge is 0.303 e. The number of amides is 1. The van der Waals surface area contributed by atoms with Crippen molar-refractivity contribution < 1.29 is 13.6 Å². The van der Waals surface area contributed by atoms with Gasteiger partial charge in [0.15, 0.2) is 0 Å². The normalized spacial score (nSPS) is 10.7. The average Bonchev–Trinajstić information content (AvgIpc) is 3.20. The van der Waals surface area contributed by atoms with Gasteiger partial charge < -0.3 is 5.32 Å². The van der Waals surface area contributed by atoms with Gasteiger partial charge in [0.1, 0.15) is 23.2 Å². The lowest BCUT2D eigenvalue weighted by Crippen LogP contribution is -2.24. The lowest BCUT2D eigenvalue weighted by atomic mass is 10.1. The first-order valence-corrected chi connectivity index (χ1v) is 9.28. The molecule has 2 aromatic carbocycles. The van der Waals surface area contributed by atoms with Gasteiger partial charge in [0.25, 0.3) is 0 Å². The van der Waals surface area contributed by atoms with Crippen LogP contribution in [0.25, 0.3) is 11.5 Å². The fraction of sp³-hybridized carbons (Fsp3) is 0.0909. The van der Waals surface area contributed by atoms with E-state index in [9.17, 15) is 13.6 Å². The molecule has 0 saturated carbocycles. The number of hydrogen-bond acceptors (Lipinski definition) is 4. The molecule has 1 amide bonds. The monoisotopic (exact) mass is 405 g/mol. The van der Waals surface area contributed by atoms with E-state index in [4.69, 9.17) is 0 Å². The minimum absolute atomic E-state index is 0.0434. The van der Waals surface area contributed by atoms with Crippen LogP contribution in [0.3, 0.4) is 0 Å². The summed E-state index contributed by atoms with van der Waals surface area (Å²) in [4.78, 5) is 21.5. The summed E-state index contributed by atoms with van der Waals surface area (Å²) in [6.07, 6.45) is 2.50. The molecule has 0 aliphatic carbocycles. The Morgan fingerprint density at radius 3 is 2.43 bits per heavy atom. The molecule has 30 heavy (non-hydrogen) atoms. The van der Waals surface area contributed by atoms with Crippen molar-refractivity contribution in [3.05, 3.63) is 95.9 Å². The highest BCUT2D eigenvalue weighted by molar-refractivity contribution is 5.91. The van der Waals surface area contributed by atoms with Gasteiger partial charge in [-0.1, -0.05) is 30.3 Å². The van der Waals surface area contributed by atoms with Crippen molar-refractivity contribution in [2.45, 2.75) is 12.8 Å². The Hall–Kier alpha value is -3.94. The molecular formula is C22H17F2N5O. The zero-order valence-corrected chi connectivity index (χ0v) is 15.8. The average molecular weight is 405 g/mol. The second-order valence-electron chi connectivity index (χ2n) is 6.51. The van der Waals surface area contributed by atoms with Crippen molar-refractivity contribution in [1.82, 2.24) is 19.7 Å². The Labute approximate surface area is 171 Å². The van der Waals surface area contributed by atoms with E-state index < -0.39 is 11.8 Å². The number of hydrogen-bond donors (Lipinski definition) is 1. The van der Waals surface area contributed by atoms with Crippen LogP contribution >= 0.6 is 0 Å². The van der Waals surface area contributed by atoms with Gasteiger partial charge in [-0.3, -0.25) is 4.98 Å². The molecule has 0 bridgehead atoms. The van der Waals surface area contributed by atoms with Crippen LogP contribution in [0, 0.1) is 11.6 Å². The van der Waals surface area contributed by atoms with Crippen LogP contribution in [0.5, 0.6) is 0 Å². The second-order valence-corrected chi connectivity index (χ2v) is 6.51. The van der Waals surface area contributed by atoms with Crippen LogP contribution in [-0.2, 0) is 12.8 Å². The summed E-state index contributed by atoms with van der Waals surface area (Å²) < 4.78 is 28.2. The number of benzene rings is 2. The molecule has 6 nitrogen and oxygen atoms in total. The molecule has 0 aliphatic heterocycles. The van der Waals surface area contributed by atoms with E-state index in [2.05, 4.69) is 20.4 Å². The van der Waals surface area contributed by atoms with Crippen LogP contribution < -0.4 is 5.32 Å². The molecule has 0 saturated heterocycles. The number of nitrogens with one attached hydrogen (secondary N) is 1. The number of nitrogens with zero attached hydrogens (tertiary/aromatic N) is 4. The van der Waals surface area contributed by atoms with E-state index in [0.29, 0.717) is 24.4 Å². The highest BCUT2D eigenvalue weighted by Gasteiger charge is 2.19. The Balaban J connectivity index is 1.63. The van der Waals surface area contributed by atoms with Gasteiger partial charge in [-0.15, -0.1) is 5.10 Å². The zero-order chi connectivity index (χ0) is 20.9. The summed E-state index contributed by atoms with van der Waals surface area (Å²) in [6.45, 7) is 0. The number of rotatable bonds is 5. The first-order chi connectivity index (χ1) is 14.6. The third-order valence-electron chi connectivity index (χ3n) is 4.43. The van der Waals surface area contributed by atoms with Crippen LogP contribution in [0.15, 0.2) is 72.9 Å². The predicted molar refractivity (Wildman–Crippen MR) is 108 cm³/mol. The first-order valence-electron chi connectivity index (χ1n) is 9.28. The summed E-state index contributed by atoms with van der Waals surface area (Å²) in [5.74, 6) is -0.199. The van der Waals surface area contributed by atoms with Gasteiger partial charge in [0.05, 0.1) is 5.69 Å². The molecule has 2 aromatic heterocycles. The molecule has 150 valence electrons. The van der Waals surface area contributed by atoms with Crippen molar-refractivity contribution in [2.75, 3.05) is 5.32 Å². The van der Waals surface area contributed by atoms with Crippen molar-refractivity contribution in [1.29, 1.82) is 0 Å². The van der Waals surface area contributed by atoms with Gasteiger partial charge in [-0.05, 0) is 48.4 Å². The zero-order valence-electron chi connectivity index (χ0n) is 15.8. The quantitative estimate of drug-likeness (QED) is 0.531. The summed E-state index contributed by atoms with van der Waals surface area (Å²) >= 11 is 0. The maximum Gasteiger partial charge on any atom is 0.348 e. The molecule has 0 aliphatic rings. The van der Waals surface area contributed by atoms with Crippen LogP contribution in [-0.4, -0.2) is 25.8 Å². The standard InChI is InChI=1S/C22H17F2N5O/c23-16-11-8-15(9-12-16)10-13-20-27-21(19-7-3-4-14-25-19)28-29(20)22(30)26-18-6-2-1-5-17(18)24/h1-9,11-12,14H,10,13H2,(H,26,30). The molecule has 0 unspecified atom stereocenters. The van der Waals surface area contributed by atoms with E-state index >= 15 is 0 Å². The van der Waals surface area contributed by atoms with Gasteiger partial charge in [0, 0.05) is 12.6 Å². The minimum atomic E-state index is -0.635. The molecule has 4 aromatic rings. The number of carbonyl (C=O) groups excluding carboxylic acids is 1. The number of halogens is 2. The lowest BCUT2D eigenvalue weighted by Gasteiger charge is -2.08. The first kappa shape index (κ1) is 19.4. The van der Waals surface area contributed by atoms with Gasteiger partial charge in [0.2, 0.25) is 5.82 Å². The largest absolute Gasteiger partial charge is 0.348 e. The molecule has 2 heterocycles. The number of anilines is 1. The number of pyridine rings is 1. The molecule has 0 radical (unpaired) electrons. The van der Waals surface area contributed by atoms with Crippen LogP contribution in [0.1, 0.15) is 11.4 Å². The van der Waals surface area contributed by atoms with Gasteiger partial charge in [-0.2, -0.15) is 4.68 Å². The van der Waals surface area contributed by atoms with Crippen molar-refractivity contribution >= 4 is 11.7 Å². The molecule has 1 N–H and O–H groups in total. The van der Waals surface area contributed by atoms with Crippen molar-refractivity contribution in [2.24, 2.45) is 0 Å². The maximum absolute atomic E-state index is 13.9. The van der Waals surface area contributed by atoms with E-state index in [0.717, 1.165) is 10.2 Å². The summed E-state index contributed by atoms with van der Waals surface area (Å²) in [7, 11) is 0. The molecular weight excluding hydrogens is 388 g/mol. The molecule has 0 spiro atoms. The summed E-state index contributed by atoms with van der Waals surface area (Å²) in [5.41, 5.74) is 1.44. The second kappa shape index (κ2) is 8.60. The predicted octanol–water partition coefficient (Wildman–Crippen LogP) is 4.48. The van der Waals surface area contributed by atoms with Crippen LogP contribution in [0.2, 0.25) is 0 Å². The number of carbonyl (C=O) groups is 1. The number of para-hydroxylation sites is 1. The van der Waals surface area contributed by atoms with E-state index in [-0.39, 0.29) is 17.3 Å². The Kier molecular flexibility index (Phi) is 5.56. The molecule has 4 rings (SSSR count). The highest BCUT2D eigenvalue weighted by atomic mass is 19.1. The topological polar surface area (TPSA) is 72.7 Å². The number of aromatic nitrogens is 4. The van der Waals surface area contributed by atoms with Gasteiger partial charge in [-0.25, -0.2) is 18.6 Å². The summed E-state index contributed by atoms with van der Waals surface area (Å²) in [6, 6.07) is 16.6. The van der Waals surface area contributed by atoms with Crippen molar-refractivity contribution in [3.63, 3.8) is 0 Å². The Morgan fingerprint density at radius 2 is 1.70 bits per heavy atom. The maximum atomic E-state index is 13.9. The molecule has 8 heteroatoms.